The Labute approximate surface area is 159 Å². The third-order valence-corrected chi connectivity index (χ3v) is 5.26. The van der Waals surface area contributed by atoms with Crippen LogP contribution in [0.25, 0.3) is 0 Å². The lowest BCUT2D eigenvalue weighted by atomic mass is 10.1. The first-order valence-electron chi connectivity index (χ1n) is 7.71. The molecule has 0 bridgehead atoms. The fraction of sp³-hybridized carbons (Fsp3) is 0.167. The average molecular weight is 392 g/mol. The van der Waals surface area contributed by atoms with Gasteiger partial charge in [-0.3, -0.25) is 4.79 Å². The number of hydrogen-bond acceptors (Lipinski definition) is 4. The highest BCUT2D eigenvalue weighted by atomic mass is 35.5. The molecule has 0 spiro atoms. The van der Waals surface area contributed by atoms with Crippen LogP contribution in [-0.4, -0.2) is 16.1 Å². The molecule has 0 saturated carbocycles. The van der Waals surface area contributed by atoms with Gasteiger partial charge in [-0.25, -0.2) is 0 Å². The van der Waals surface area contributed by atoms with Crippen LogP contribution >= 0.6 is 34.5 Å². The average Bonchev–Trinajstić information content (AvgIpc) is 3.04. The number of nitrogens with one attached hydrogen (secondary N) is 1. The number of halogens is 2. The molecule has 3 aromatic rings. The van der Waals surface area contributed by atoms with E-state index in [0.29, 0.717) is 34.4 Å². The maximum atomic E-state index is 12.1. The molecule has 1 amide bonds. The van der Waals surface area contributed by atoms with Gasteiger partial charge in [-0.05, 0) is 23.6 Å². The van der Waals surface area contributed by atoms with E-state index >= 15 is 0 Å². The summed E-state index contributed by atoms with van der Waals surface area (Å²) in [7, 11) is 0. The topological polar surface area (TPSA) is 54.9 Å². The monoisotopic (exact) mass is 391 g/mol. The van der Waals surface area contributed by atoms with Crippen molar-refractivity contribution in [3.8, 4) is 0 Å². The van der Waals surface area contributed by atoms with E-state index in [1.807, 2.05) is 42.5 Å². The maximum absolute atomic E-state index is 12.1. The zero-order chi connectivity index (χ0) is 17.6. The summed E-state index contributed by atoms with van der Waals surface area (Å²) in [4.78, 5) is 12.1. The van der Waals surface area contributed by atoms with Crippen molar-refractivity contribution in [2.75, 3.05) is 5.32 Å². The Morgan fingerprint density at radius 2 is 1.84 bits per heavy atom. The van der Waals surface area contributed by atoms with Gasteiger partial charge < -0.3 is 5.32 Å². The van der Waals surface area contributed by atoms with E-state index in [1.54, 1.807) is 6.07 Å². The van der Waals surface area contributed by atoms with Crippen LogP contribution in [0.4, 0.5) is 5.13 Å². The van der Waals surface area contributed by atoms with Crippen molar-refractivity contribution >= 4 is 45.6 Å². The van der Waals surface area contributed by atoms with E-state index in [1.165, 1.54) is 11.3 Å². The molecule has 0 atom stereocenters. The van der Waals surface area contributed by atoms with E-state index in [0.717, 1.165) is 16.1 Å². The minimum atomic E-state index is -0.126. The highest BCUT2D eigenvalue weighted by molar-refractivity contribution is 7.15. The summed E-state index contributed by atoms with van der Waals surface area (Å²) in [6.45, 7) is 0. The van der Waals surface area contributed by atoms with Crippen LogP contribution in [0.5, 0.6) is 0 Å². The van der Waals surface area contributed by atoms with Crippen molar-refractivity contribution in [3.63, 3.8) is 0 Å². The van der Waals surface area contributed by atoms with Crippen molar-refractivity contribution in [1.82, 2.24) is 10.2 Å². The summed E-state index contributed by atoms with van der Waals surface area (Å²) >= 11 is 13.5. The number of carbonyl (C=O) groups excluding carboxylic acids is 1. The zero-order valence-corrected chi connectivity index (χ0v) is 15.5. The summed E-state index contributed by atoms with van der Waals surface area (Å²) < 4.78 is 0. The van der Waals surface area contributed by atoms with Crippen LogP contribution in [0.15, 0.2) is 48.5 Å². The molecule has 0 fully saturated rings. The van der Waals surface area contributed by atoms with Crippen LogP contribution in [0.3, 0.4) is 0 Å². The van der Waals surface area contributed by atoms with Crippen molar-refractivity contribution in [2.45, 2.75) is 19.3 Å². The molecule has 7 heteroatoms. The predicted molar refractivity (Wildman–Crippen MR) is 103 cm³/mol. The summed E-state index contributed by atoms with van der Waals surface area (Å²) in [5.41, 5.74) is 2.01. The second-order valence-corrected chi connectivity index (χ2v) is 7.27. The lowest BCUT2D eigenvalue weighted by Crippen LogP contribution is -2.12. The fourth-order valence-electron chi connectivity index (χ4n) is 2.32. The van der Waals surface area contributed by atoms with Crippen LogP contribution in [0.2, 0.25) is 10.0 Å². The molecule has 1 N–H and O–H groups in total. The molecule has 0 radical (unpaired) electrons. The Bertz CT molecular complexity index is 868. The van der Waals surface area contributed by atoms with Gasteiger partial charge in [-0.2, -0.15) is 0 Å². The summed E-state index contributed by atoms with van der Waals surface area (Å²) in [6.07, 6.45) is 1.51. The molecule has 4 nitrogen and oxygen atoms in total. The Balaban J connectivity index is 1.54. The summed E-state index contributed by atoms with van der Waals surface area (Å²) in [5, 5.41) is 13.3. The van der Waals surface area contributed by atoms with Gasteiger partial charge in [-0.15, -0.1) is 10.2 Å². The molecule has 0 saturated heterocycles. The van der Waals surface area contributed by atoms with Crippen LogP contribution in [-0.2, 0) is 17.6 Å². The molecular formula is C18H15Cl2N3OS. The zero-order valence-electron chi connectivity index (χ0n) is 13.2. The smallest absolute Gasteiger partial charge is 0.226 e. The number of rotatable bonds is 6. The number of aromatic nitrogens is 2. The molecular weight excluding hydrogens is 377 g/mol. The number of benzene rings is 2. The van der Waals surface area contributed by atoms with E-state index in [9.17, 15) is 4.79 Å². The van der Waals surface area contributed by atoms with Crippen molar-refractivity contribution < 1.29 is 4.79 Å². The first-order chi connectivity index (χ1) is 12.1. The molecule has 128 valence electrons. The van der Waals surface area contributed by atoms with E-state index in [-0.39, 0.29) is 5.91 Å². The van der Waals surface area contributed by atoms with Crippen molar-refractivity contribution in [1.29, 1.82) is 0 Å². The number of amides is 1. The number of hydrogen-bond donors (Lipinski definition) is 1. The normalized spacial score (nSPS) is 10.6. The molecule has 0 aliphatic rings. The molecule has 25 heavy (non-hydrogen) atoms. The van der Waals surface area contributed by atoms with Gasteiger partial charge in [0.25, 0.3) is 0 Å². The number of aryl methyl sites for hydroxylation is 1. The van der Waals surface area contributed by atoms with Crippen LogP contribution < -0.4 is 5.32 Å². The first-order valence-corrected chi connectivity index (χ1v) is 9.28. The highest BCUT2D eigenvalue weighted by Gasteiger charge is 2.11. The molecule has 1 heterocycles. The number of carbonyl (C=O) groups is 1. The van der Waals surface area contributed by atoms with Crippen molar-refractivity contribution in [3.05, 3.63) is 74.7 Å². The van der Waals surface area contributed by atoms with Gasteiger partial charge in [0.2, 0.25) is 11.0 Å². The van der Waals surface area contributed by atoms with Gasteiger partial charge in [0.05, 0.1) is 10.0 Å². The Morgan fingerprint density at radius 1 is 1.04 bits per heavy atom. The molecule has 0 aliphatic carbocycles. The lowest BCUT2D eigenvalue weighted by molar-refractivity contribution is -0.116. The highest BCUT2D eigenvalue weighted by Crippen LogP contribution is 2.26. The quantitative estimate of drug-likeness (QED) is 0.642. The number of nitrogens with zero attached hydrogens (tertiary/aromatic N) is 2. The Hall–Kier alpha value is -1.95. The van der Waals surface area contributed by atoms with E-state index in [4.69, 9.17) is 23.2 Å². The van der Waals surface area contributed by atoms with Gasteiger partial charge in [0, 0.05) is 12.8 Å². The van der Waals surface area contributed by atoms with Crippen LogP contribution in [0.1, 0.15) is 22.6 Å². The first kappa shape index (κ1) is 17.9. The van der Waals surface area contributed by atoms with Gasteiger partial charge >= 0.3 is 0 Å². The SMILES string of the molecule is O=C(CCc1cccc(Cl)c1Cl)Nc1nnc(Cc2ccccc2)s1. The Morgan fingerprint density at radius 3 is 2.64 bits per heavy atom. The largest absolute Gasteiger partial charge is 0.301 e. The van der Waals surface area contributed by atoms with Gasteiger partial charge in [0.1, 0.15) is 5.01 Å². The molecule has 3 rings (SSSR count). The second kappa shape index (κ2) is 8.43. The maximum Gasteiger partial charge on any atom is 0.226 e. The van der Waals surface area contributed by atoms with E-state index in [2.05, 4.69) is 15.5 Å². The summed E-state index contributed by atoms with van der Waals surface area (Å²) in [5.74, 6) is -0.126. The van der Waals surface area contributed by atoms with Gasteiger partial charge in [-0.1, -0.05) is 77.0 Å². The molecule has 2 aromatic carbocycles. The van der Waals surface area contributed by atoms with Gasteiger partial charge in [0.15, 0.2) is 0 Å². The summed E-state index contributed by atoms with van der Waals surface area (Å²) in [6, 6.07) is 15.4. The molecule has 0 aliphatic heterocycles. The van der Waals surface area contributed by atoms with Crippen molar-refractivity contribution in [2.24, 2.45) is 0 Å². The van der Waals surface area contributed by atoms with Crippen LogP contribution in [0, 0.1) is 0 Å². The minimum absolute atomic E-state index is 0.126. The third-order valence-electron chi connectivity index (χ3n) is 3.56. The second-order valence-electron chi connectivity index (χ2n) is 5.42. The predicted octanol–water partition coefficient (Wildman–Crippen LogP) is 5.01. The fourth-order valence-corrected chi connectivity index (χ4v) is 3.52. The molecule has 0 unspecified atom stereocenters. The molecule has 1 aromatic heterocycles. The Kier molecular flexibility index (Phi) is 6.02. The lowest BCUT2D eigenvalue weighted by Gasteiger charge is -2.05. The third kappa shape index (κ3) is 5.01. The standard InChI is InChI=1S/C18H15Cl2N3OS/c19-14-8-4-7-13(17(14)20)9-10-15(24)21-18-23-22-16(25-18)11-12-5-2-1-3-6-12/h1-8H,9-11H2,(H,21,23,24). The van der Waals surface area contributed by atoms with E-state index < -0.39 is 0 Å². The number of anilines is 1. The minimum Gasteiger partial charge on any atom is -0.301 e.